The molecule has 114 valence electrons. The summed E-state index contributed by atoms with van der Waals surface area (Å²) in [6, 6.07) is 4.86. The number of phenolic OH excluding ortho intramolecular Hbond substituents is 1. The van der Waals surface area contributed by atoms with Gasteiger partial charge in [-0.25, -0.2) is 0 Å². The first-order valence-electron chi connectivity index (χ1n) is 7.04. The maximum absolute atomic E-state index is 11.9. The molecule has 0 atom stereocenters. The van der Waals surface area contributed by atoms with Crippen LogP contribution in [0.2, 0.25) is 0 Å². The van der Waals surface area contributed by atoms with E-state index in [2.05, 4.69) is 10.6 Å². The van der Waals surface area contributed by atoms with E-state index >= 15 is 0 Å². The van der Waals surface area contributed by atoms with Gasteiger partial charge in [-0.2, -0.15) is 0 Å². The van der Waals surface area contributed by atoms with Crippen molar-refractivity contribution in [1.82, 2.24) is 10.6 Å². The predicted octanol–water partition coefficient (Wildman–Crippen LogP) is 1.19. The highest BCUT2D eigenvalue weighted by Gasteiger charge is 2.22. The number of aromatic hydroxyl groups is 1. The molecule has 0 aromatic heterocycles. The Morgan fingerprint density at radius 2 is 2.14 bits per heavy atom. The van der Waals surface area contributed by atoms with Gasteiger partial charge in [-0.15, -0.1) is 0 Å². The Balaban J connectivity index is 1.72. The van der Waals surface area contributed by atoms with Crippen molar-refractivity contribution in [3.8, 4) is 11.5 Å². The molecule has 0 bridgehead atoms. The lowest BCUT2D eigenvalue weighted by atomic mass is 10.1. The summed E-state index contributed by atoms with van der Waals surface area (Å²) in [6.07, 6.45) is 3.10. The Bertz CT molecular complexity index is 526. The van der Waals surface area contributed by atoms with Crippen LogP contribution in [-0.2, 0) is 4.79 Å². The van der Waals surface area contributed by atoms with Gasteiger partial charge in [0.1, 0.15) is 11.5 Å². The summed E-state index contributed by atoms with van der Waals surface area (Å²) in [5, 5.41) is 15.3. The molecule has 3 N–H and O–H groups in total. The van der Waals surface area contributed by atoms with E-state index in [4.69, 9.17) is 4.74 Å². The summed E-state index contributed by atoms with van der Waals surface area (Å²) >= 11 is 0. The van der Waals surface area contributed by atoms with Crippen molar-refractivity contribution >= 4 is 11.8 Å². The Kier molecular flexibility index (Phi) is 5.03. The Labute approximate surface area is 123 Å². The van der Waals surface area contributed by atoms with Crippen LogP contribution in [0.15, 0.2) is 18.2 Å². The van der Waals surface area contributed by atoms with E-state index in [1.54, 1.807) is 6.07 Å². The van der Waals surface area contributed by atoms with Crippen LogP contribution >= 0.6 is 0 Å². The second-order valence-corrected chi connectivity index (χ2v) is 5.08. The molecule has 2 rings (SSSR count). The van der Waals surface area contributed by atoms with Gasteiger partial charge in [0.25, 0.3) is 5.91 Å². The van der Waals surface area contributed by atoms with Crippen LogP contribution in [-0.4, -0.2) is 36.6 Å². The van der Waals surface area contributed by atoms with E-state index in [1.165, 1.54) is 19.2 Å². The summed E-state index contributed by atoms with van der Waals surface area (Å²) in [5.74, 6) is 0.0240. The topological polar surface area (TPSA) is 87.7 Å². The van der Waals surface area contributed by atoms with Crippen LogP contribution in [0, 0.1) is 0 Å². The van der Waals surface area contributed by atoms with Crippen molar-refractivity contribution in [3.05, 3.63) is 23.8 Å². The van der Waals surface area contributed by atoms with Gasteiger partial charge in [-0.3, -0.25) is 9.59 Å². The normalized spacial score (nSPS) is 13.6. The second-order valence-electron chi connectivity index (χ2n) is 5.08. The minimum absolute atomic E-state index is 0.0269. The maximum Gasteiger partial charge on any atom is 0.255 e. The quantitative estimate of drug-likeness (QED) is 0.659. The summed E-state index contributed by atoms with van der Waals surface area (Å²) in [5.41, 5.74) is 0.193. The third kappa shape index (κ3) is 4.66. The molecule has 1 saturated carbocycles. The first-order chi connectivity index (χ1) is 10.1. The molecule has 0 aliphatic heterocycles. The molecule has 0 unspecified atom stereocenters. The van der Waals surface area contributed by atoms with E-state index in [-0.39, 0.29) is 23.1 Å². The molecule has 1 aliphatic carbocycles. The van der Waals surface area contributed by atoms with Crippen LogP contribution in [0.3, 0.4) is 0 Å². The number of amides is 2. The van der Waals surface area contributed by atoms with E-state index in [0.717, 1.165) is 12.8 Å². The van der Waals surface area contributed by atoms with E-state index in [1.807, 2.05) is 0 Å². The Morgan fingerprint density at radius 1 is 1.38 bits per heavy atom. The lowest BCUT2D eigenvalue weighted by Gasteiger charge is -2.08. The minimum atomic E-state index is -0.363. The zero-order valence-electron chi connectivity index (χ0n) is 12.0. The monoisotopic (exact) mass is 292 g/mol. The number of carbonyl (C=O) groups is 2. The van der Waals surface area contributed by atoms with E-state index in [0.29, 0.717) is 31.2 Å². The van der Waals surface area contributed by atoms with Crippen LogP contribution in [0.5, 0.6) is 11.5 Å². The molecule has 1 fully saturated rings. The minimum Gasteiger partial charge on any atom is -0.507 e. The zero-order chi connectivity index (χ0) is 15.2. The largest absolute Gasteiger partial charge is 0.507 e. The van der Waals surface area contributed by atoms with Gasteiger partial charge in [-0.05, 0) is 31.4 Å². The fraction of sp³-hybridized carbons (Fsp3) is 0.467. The van der Waals surface area contributed by atoms with Gasteiger partial charge >= 0.3 is 0 Å². The van der Waals surface area contributed by atoms with E-state index in [9.17, 15) is 14.7 Å². The number of nitrogens with one attached hydrogen (secondary N) is 2. The first kappa shape index (κ1) is 15.2. The summed E-state index contributed by atoms with van der Waals surface area (Å²) in [4.78, 5) is 23.3. The van der Waals surface area contributed by atoms with Crippen LogP contribution in [0.1, 0.15) is 36.0 Å². The highest BCUT2D eigenvalue weighted by atomic mass is 16.5. The lowest BCUT2D eigenvalue weighted by molar-refractivity contribution is -0.121. The fourth-order valence-electron chi connectivity index (χ4n) is 1.90. The number of benzene rings is 1. The van der Waals surface area contributed by atoms with Crippen molar-refractivity contribution in [1.29, 1.82) is 0 Å². The fourth-order valence-corrected chi connectivity index (χ4v) is 1.90. The van der Waals surface area contributed by atoms with Crippen molar-refractivity contribution in [3.63, 3.8) is 0 Å². The number of carbonyl (C=O) groups excluding carboxylic acids is 2. The molecule has 2 amide bonds. The van der Waals surface area contributed by atoms with Crippen molar-refractivity contribution in [2.45, 2.75) is 31.7 Å². The highest BCUT2D eigenvalue weighted by Crippen LogP contribution is 2.23. The van der Waals surface area contributed by atoms with Gasteiger partial charge in [0.05, 0.1) is 12.7 Å². The van der Waals surface area contributed by atoms with Crippen LogP contribution in [0.25, 0.3) is 0 Å². The molecular weight excluding hydrogens is 272 g/mol. The van der Waals surface area contributed by atoms with Gasteiger partial charge in [-0.1, -0.05) is 0 Å². The van der Waals surface area contributed by atoms with E-state index < -0.39 is 0 Å². The average Bonchev–Trinajstić information content (AvgIpc) is 3.27. The molecule has 0 radical (unpaired) electrons. The molecule has 1 aromatic carbocycles. The number of hydrogen-bond donors (Lipinski definition) is 3. The zero-order valence-corrected chi connectivity index (χ0v) is 12.0. The number of rotatable bonds is 7. The molecule has 1 aromatic rings. The molecule has 1 aliphatic rings. The van der Waals surface area contributed by atoms with Gasteiger partial charge in [0.2, 0.25) is 5.91 Å². The lowest BCUT2D eigenvalue weighted by Crippen LogP contribution is -2.28. The van der Waals surface area contributed by atoms with Crippen molar-refractivity contribution in [2.75, 3.05) is 13.7 Å². The number of methoxy groups -OCH3 is 1. The third-order valence-electron chi connectivity index (χ3n) is 3.26. The second kappa shape index (κ2) is 6.97. The molecule has 0 saturated heterocycles. The molecular formula is C15H20N2O4. The van der Waals surface area contributed by atoms with Crippen molar-refractivity contribution in [2.24, 2.45) is 0 Å². The van der Waals surface area contributed by atoms with Gasteiger partial charge < -0.3 is 20.5 Å². The smallest absolute Gasteiger partial charge is 0.255 e. The molecule has 6 heteroatoms. The molecule has 21 heavy (non-hydrogen) atoms. The van der Waals surface area contributed by atoms with Crippen molar-refractivity contribution < 1.29 is 19.4 Å². The summed E-state index contributed by atoms with van der Waals surface area (Å²) in [6.45, 7) is 0.391. The SMILES string of the molecule is COc1ccc(C(=O)NCCCC(=O)NC2CC2)c(O)c1. The Morgan fingerprint density at radius 3 is 2.76 bits per heavy atom. The van der Waals surface area contributed by atoms with Crippen LogP contribution < -0.4 is 15.4 Å². The highest BCUT2D eigenvalue weighted by molar-refractivity contribution is 5.97. The summed E-state index contributed by atoms with van der Waals surface area (Å²) in [7, 11) is 1.49. The standard InChI is InChI=1S/C15H20N2O4/c1-21-11-6-7-12(13(18)9-11)15(20)16-8-2-3-14(19)17-10-4-5-10/h6-7,9-10,18H,2-5,8H2,1H3,(H,16,20)(H,17,19). The summed E-state index contributed by atoms with van der Waals surface area (Å²) < 4.78 is 4.96. The molecule has 0 spiro atoms. The maximum atomic E-state index is 11.9. The third-order valence-corrected chi connectivity index (χ3v) is 3.26. The van der Waals surface area contributed by atoms with Gasteiger partial charge in [0, 0.05) is 25.1 Å². The Hall–Kier alpha value is -2.24. The van der Waals surface area contributed by atoms with Gasteiger partial charge in [0.15, 0.2) is 0 Å². The number of phenols is 1. The first-order valence-corrected chi connectivity index (χ1v) is 7.04. The predicted molar refractivity (Wildman–Crippen MR) is 77.4 cm³/mol. The molecule has 6 nitrogen and oxygen atoms in total. The average molecular weight is 292 g/mol. The number of hydrogen-bond acceptors (Lipinski definition) is 4. The molecule has 0 heterocycles. The number of ether oxygens (including phenoxy) is 1. The van der Waals surface area contributed by atoms with Crippen LogP contribution in [0.4, 0.5) is 0 Å².